The van der Waals surface area contributed by atoms with Crippen molar-refractivity contribution in [1.29, 1.82) is 0 Å². The number of anilines is 2. The molecule has 0 saturated carbocycles. The molecule has 0 aliphatic carbocycles. The van der Waals surface area contributed by atoms with Crippen LogP contribution in [0.4, 0.5) is 15.8 Å². The van der Waals surface area contributed by atoms with E-state index in [1.54, 1.807) is 6.07 Å². The zero-order valence-electron chi connectivity index (χ0n) is 17.7. The van der Waals surface area contributed by atoms with Crippen LogP contribution in [0, 0.1) is 19.7 Å². The number of halogens is 1. The fourth-order valence-corrected chi connectivity index (χ4v) is 3.81. The lowest BCUT2D eigenvalue weighted by atomic mass is 9.97. The van der Waals surface area contributed by atoms with Gasteiger partial charge in [0, 0.05) is 5.69 Å². The summed E-state index contributed by atoms with van der Waals surface area (Å²) in [6.07, 6.45) is 0.898. The highest BCUT2D eigenvalue weighted by Gasteiger charge is 2.41. The van der Waals surface area contributed by atoms with Gasteiger partial charge in [-0.05, 0) is 61.2 Å². The lowest BCUT2D eigenvalue weighted by Crippen LogP contribution is -2.33. The number of para-hydroxylation sites is 1. The van der Waals surface area contributed by atoms with Crippen molar-refractivity contribution in [1.82, 2.24) is 0 Å². The molecule has 31 heavy (non-hydrogen) atoms. The fraction of sp³-hybridized carbons (Fsp3) is 0.154. The maximum atomic E-state index is 14.5. The van der Waals surface area contributed by atoms with Crippen LogP contribution >= 0.6 is 0 Å². The van der Waals surface area contributed by atoms with Gasteiger partial charge in [0.1, 0.15) is 11.5 Å². The van der Waals surface area contributed by atoms with E-state index in [0.717, 1.165) is 28.0 Å². The minimum absolute atomic E-state index is 0.0575. The minimum Gasteiger partial charge on any atom is -0.350 e. The molecule has 0 unspecified atom stereocenters. The zero-order valence-corrected chi connectivity index (χ0v) is 17.7. The summed E-state index contributed by atoms with van der Waals surface area (Å²) in [5.41, 5.74) is 4.74. The Kier molecular flexibility index (Phi) is 5.42. The van der Waals surface area contributed by atoms with Crippen LogP contribution in [-0.2, 0) is 16.0 Å². The second-order valence-electron chi connectivity index (χ2n) is 7.64. The van der Waals surface area contributed by atoms with Gasteiger partial charge in [0.15, 0.2) is 0 Å². The van der Waals surface area contributed by atoms with Gasteiger partial charge in [0.2, 0.25) is 0 Å². The SMILES string of the molecule is CCc1ccc(NC2=C(c3ccc(C)cc3C)C(=O)N(c3ccccc3F)C2=O)cc1. The van der Waals surface area contributed by atoms with E-state index in [1.807, 2.05) is 56.3 Å². The normalized spacial score (nSPS) is 13.9. The van der Waals surface area contributed by atoms with E-state index in [4.69, 9.17) is 0 Å². The Morgan fingerprint density at radius 1 is 0.903 bits per heavy atom. The Labute approximate surface area is 181 Å². The monoisotopic (exact) mass is 414 g/mol. The van der Waals surface area contributed by atoms with Gasteiger partial charge >= 0.3 is 0 Å². The smallest absolute Gasteiger partial charge is 0.282 e. The van der Waals surface area contributed by atoms with Crippen molar-refractivity contribution >= 4 is 28.8 Å². The molecule has 0 atom stereocenters. The largest absolute Gasteiger partial charge is 0.350 e. The summed E-state index contributed by atoms with van der Waals surface area (Å²) in [4.78, 5) is 27.7. The number of nitrogens with one attached hydrogen (secondary N) is 1. The maximum Gasteiger partial charge on any atom is 0.282 e. The van der Waals surface area contributed by atoms with Crippen molar-refractivity contribution in [3.05, 3.63) is 100 Å². The molecule has 4 rings (SSSR count). The number of aryl methyl sites for hydroxylation is 3. The highest BCUT2D eigenvalue weighted by molar-refractivity contribution is 6.46. The average Bonchev–Trinajstić information content (AvgIpc) is 2.99. The standard InChI is InChI=1S/C26H23FN2O2/c1-4-18-10-12-19(13-11-18)28-24-23(20-14-9-16(2)15-17(20)3)25(30)29(26(24)31)22-8-6-5-7-21(22)27/h5-15,28H,4H2,1-3H3. The lowest BCUT2D eigenvalue weighted by molar-refractivity contribution is -0.120. The molecule has 0 saturated heterocycles. The molecule has 0 bridgehead atoms. The summed E-state index contributed by atoms with van der Waals surface area (Å²) in [7, 11) is 0. The summed E-state index contributed by atoms with van der Waals surface area (Å²) in [6, 6.07) is 19.2. The van der Waals surface area contributed by atoms with Crippen LogP contribution in [0.1, 0.15) is 29.2 Å². The molecule has 3 aromatic carbocycles. The van der Waals surface area contributed by atoms with Crippen molar-refractivity contribution in [2.24, 2.45) is 0 Å². The number of nitrogens with zero attached hydrogens (tertiary/aromatic N) is 1. The summed E-state index contributed by atoms with van der Waals surface area (Å²) >= 11 is 0. The van der Waals surface area contributed by atoms with Crippen molar-refractivity contribution in [2.45, 2.75) is 27.2 Å². The van der Waals surface area contributed by atoms with Crippen LogP contribution in [0.5, 0.6) is 0 Å². The molecule has 1 aliphatic rings. The molecule has 0 aromatic heterocycles. The van der Waals surface area contributed by atoms with Gasteiger partial charge in [0.05, 0.1) is 11.3 Å². The van der Waals surface area contributed by atoms with E-state index in [0.29, 0.717) is 11.3 Å². The quantitative estimate of drug-likeness (QED) is 0.569. The summed E-state index contributed by atoms with van der Waals surface area (Å²) < 4.78 is 14.5. The number of carbonyl (C=O) groups is 2. The topological polar surface area (TPSA) is 49.4 Å². The molecule has 5 heteroatoms. The maximum absolute atomic E-state index is 14.5. The molecule has 1 aliphatic heterocycles. The van der Waals surface area contributed by atoms with Crippen molar-refractivity contribution in [3.8, 4) is 0 Å². The molecule has 0 radical (unpaired) electrons. The van der Waals surface area contributed by atoms with Gasteiger partial charge in [-0.15, -0.1) is 0 Å². The van der Waals surface area contributed by atoms with Crippen LogP contribution in [0.2, 0.25) is 0 Å². The van der Waals surface area contributed by atoms with Crippen molar-refractivity contribution in [3.63, 3.8) is 0 Å². The third-order valence-electron chi connectivity index (χ3n) is 5.46. The van der Waals surface area contributed by atoms with Gasteiger partial charge < -0.3 is 5.32 Å². The van der Waals surface area contributed by atoms with E-state index in [-0.39, 0.29) is 17.0 Å². The van der Waals surface area contributed by atoms with Crippen LogP contribution in [-0.4, -0.2) is 11.8 Å². The first-order valence-corrected chi connectivity index (χ1v) is 10.2. The molecule has 156 valence electrons. The lowest BCUT2D eigenvalue weighted by Gasteiger charge is -2.16. The third kappa shape index (κ3) is 3.75. The molecule has 1 N–H and O–H groups in total. The molecule has 2 amide bonds. The summed E-state index contributed by atoms with van der Waals surface area (Å²) in [6.45, 7) is 5.92. The number of imide groups is 1. The van der Waals surface area contributed by atoms with E-state index in [9.17, 15) is 14.0 Å². The van der Waals surface area contributed by atoms with Gasteiger partial charge in [-0.25, -0.2) is 9.29 Å². The second kappa shape index (κ2) is 8.19. The van der Waals surface area contributed by atoms with Gasteiger partial charge in [-0.3, -0.25) is 9.59 Å². The van der Waals surface area contributed by atoms with E-state index >= 15 is 0 Å². The molecule has 4 nitrogen and oxygen atoms in total. The predicted molar refractivity (Wildman–Crippen MR) is 121 cm³/mol. The predicted octanol–water partition coefficient (Wildman–Crippen LogP) is 5.40. The zero-order chi connectivity index (χ0) is 22.1. The Morgan fingerprint density at radius 2 is 1.61 bits per heavy atom. The van der Waals surface area contributed by atoms with Gasteiger partial charge in [-0.2, -0.15) is 0 Å². The Bertz CT molecular complexity index is 1210. The molecular formula is C26H23FN2O2. The van der Waals surface area contributed by atoms with Gasteiger partial charge in [-0.1, -0.05) is 55.0 Å². The number of amides is 2. The number of benzene rings is 3. The van der Waals surface area contributed by atoms with Crippen LogP contribution in [0.15, 0.2) is 72.4 Å². The first-order chi connectivity index (χ1) is 14.9. The third-order valence-corrected chi connectivity index (χ3v) is 5.46. The first kappa shape index (κ1) is 20.5. The van der Waals surface area contributed by atoms with Gasteiger partial charge in [0.25, 0.3) is 11.8 Å². The van der Waals surface area contributed by atoms with Crippen LogP contribution < -0.4 is 10.2 Å². The highest BCUT2D eigenvalue weighted by atomic mass is 19.1. The summed E-state index contributed by atoms with van der Waals surface area (Å²) in [5.74, 6) is -1.75. The Morgan fingerprint density at radius 3 is 2.26 bits per heavy atom. The summed E-state index contributed by atoms with van der Waals surface area (Å²) in [5, 5.41) is 3.13. The van der Waals surface area contributed by atoms with E-state index < -0.39 is 17.6 Å². The van der Waals surface area contributed by atoms with Crippen molar-refractivity contribution in [2.75, 3.05) is 10.2 Å². The molecular weight excluding hydrogens is 391 g/mol. The number of hydrogen-bond donors (Lipinski definition) is 1. The average molecular weight is 414 g/mol. The Hall–Kier alpha value is -3.73. The number of rotatable bonds is 5. The molecule has 1 heterocycles. The number of hydrogen-bond acceptors (Lipinski definition) is 3. The molecule has 3 aromatic rings. The fourth-order valence-electron chi connectivity index (χ4n) is 3.81. The second-order valence-corrected chi connectivity index (χ2v) is 7.64. The minimum atomic E-state index is -0.627. The van der Waals surface area contributed by atoms with E-state index in [2.05, 4.69) is 12.2 Å². The first-order valence-electron chi connectivity index (χ1n) is 10.2. The van der Waals surface area contributed by atoms with Crippen LogP contribution in [0.3, 0.4) is 0 Å². The Balaban J connectivity index is 1.85. The van der Waals surface area contributed by atoms with E-state index in [1.165, 1.54) is 18.2 Å². The van der Waals surface area contributed by atoms with Crippen LogP contribution in [0.25, 0.3) is 5.57 Å². The number of carbonyl (C=O) groups excluding carboxylic acids is 2. The molecule has 0 fully saturated rings. The molecule has 0 spiro atoms. The van der Waals surface area contributed by atoms with Crippen molar-refractivity contribution < 1.29 is 14.0 Å². The highest BCUT2D eigenvalue weighted by Crippen LogP contribution is 2.36.